The molecule has 0 unspecified atom stereocenters. The van der Waals surface area contributed by atoms with Crippen LogP contribution >= 0.6 is 0 Å². The van der Waals surface area contributed by atoms with Gasteiger partial charge >= 0.3 is 0 Å². The van der Waals surface area contributed by atoms with Gasteiger partial charge < -0.3 is 0 Å². The van der Waals surface area contributed by atoms with Crippen LogP contribution in [0.5, 0.6) is 0 Å². The molecule has 1 aromatic rings. The predicted molar refractivity (Wildman–Crippen MR) is 48.2 cm³/mol. The summed E-state index contributed by atoms with van der Waals surface area (Å²) >= 11 is 0. The van der Waals surface area contributed by atoms with Crippen LogP contribution in [-0.2, 0) is 0 Å². The smallest absolute Gasteiger partial charge is 0.159 e. The van der Waals surface area contributed by atoms with Crippen molar-refractivity contribution in [2.24, 2.45) is 0 Å². The molecule has 1 aromatic carbocycles. The van der Waals surface area contributed by atoms with Crippen molar-refractivity contribution in [3.05, 3.63) is 41.5 Å². The van der Waals surface area contributed by atoms with Crippen LogP contribution in [-0.4, -0.2) is 0 Å². The molecule has 2 heteroatoms. The first-order valence-corrected chi connectivity index (χ1v) is 4.42. The molecule has 0 bridgehead atoms. The summed E-state index contributed by atoms with van der Waals surface area (Å²) in [5.74, 6) is -1.53. The fourth-order valence-corrected chi connectivity index (χ4v) is 1.63. The molecule has 0 aromatic heterocycles. The van der Waals surface area contributed by atoms with Gasteiger partial charge in [-0.25, -0.2) is 8.78 Å². The molecule has 0 amide bonds. The minimum Gasteiger partial charge on any atom is -0.204 e. The van der Waals surface area contributed by atoms with Crippen molar-refractivity contribution in [3.63, 3.8) is 0 Å². The second-order valence-electron chi connectivity index (χ2n) is 3.25. The molecule has 68 valence electrons. The van der Waals surface area contributed by atoms with Gasteiger partial charge in [0.2, 0.25) is 0 Å². The van der Waals surface area contributed by atoms with Crippen molar-refractivity contribution in [3.8, 4) is 0 Å². The summed E-state index contributed by atoms with van der Waals surface area (Å²) in [5, 5.41) is 0. The normalized spacial score (nSPS) is 16.0. The molecule has 0 aliphatic heterocycles. The van der Waals surface area contributed by atoms with Crippen molar-refractivity contribution in [2.45, 2.75) is 19.3 Å². The molecule has 0 saturated carbocycles. The quantitative estimate of drug-likeness (QED) is 0.620. The highest BCUT2D eigenvalue weighted by atomic mass is 19.2. The van der Waals surface area contributed by atoms with E-state index in [0.717, 1.165) is 30.4 Å². The lowest BCUT2D eigenvalue weighted by Crippen LogP contribution is -1.87. The molecule has 0 saturated heterocycles. The Morgan fingerprint density at radius 3 is 2.54 bits per heavy atom. The third kappa shape index (κ3) is 1.62. The molecule has 1 aliphatic carbocycles. The second-order valence-corrected chi connectivity index (χ2v) is 3.25. The summed E-state index contributed by atoms with van der Waals surface area (Å²) in [4.78, 5) is 0. The summed E-state index contributed by atoms with van der Waals surface area (Å²) in [6.45, 7) is 0. The number of hydrogen-bond acceptors (Lipinski definition) is 0. The highest BCUT2D eigenvalue weighted by Crippen LogP contribution is 2.28. The van der Waals surface area contributed by atoms with E-state index in [2.05, 4.69) is 6.08 Å². The molecule has 1 aliphatic rings. The van der Waals surface area contributed by atoms with E-state index < -0.39 is 11.6 Å². The molecule has 0 atom stereocenters. The first-order valence-electron chi connectivity index (χ1n) is 4.42. The maximum absolute atomic E-state index is 12.8. The highest BCUT2D eigenvalue weighted by molar-refractivity contribution is 5.67. The van der Waals surface area contributed by atoms with Gasteiger partial charge in [0.1, 0.15) is 0 Å². The first-order chi connectivity index (χ1) is 6.27. The zero-order chi connectivity index (χ0) is 9.26. The van der Waals surface area contributed by atoms with Gasteiger partial charge in [0.15, 0.2) is 11.6 Å². The molecule has 0 nitrogen and oxygen atoms in total. The Hall–Kier alpha value is -1.18. The number of hydrogen-bond donors (Lipinski definition) is 0. The van der Waals surface area contributed by atoms with Crippen molar-refractivity contribution in [2.75, 3.05) is 0 Å². The average molecular weight is 180 g/mol. The Morgan fingerprint density at radius 1 is 1.08 bits per heavy atom. The van der Waals surface area contributed by atoms with Gasteiger partial charge in [-0.05, 0) is 42.5 Å². The maximum Gasteiger partial charge on any atom is 0.159 e. The number of allylic oxidation sites excluding steroid dienone is 2. The Morgan fingerprint density at radius 2 is 1.92 bits per heavy atom. The number of benzene rings is 1. The van der Waals surface area contributed by atoms with E-state index in [0.29, 0.717) is 0 Å². The van der Waals surface area contributed by atoms with E-state index in [4.69, 9.17) is 0 Å². The fourth-order valence-electron chi connectivity index (χ4n) is 1.63. The van der Waals surface area contributed by atoms with Gasteiger partial charge in [0, 0.05) is 0 Å². The lowest BCUT2D eigenvalue weighted by Gasteiger charge is -2.01. The van der Waals surface area contributed by atoms with E-state index in [-0.39, 0.29) is 0 Å². The summed E-state index contributed by atoms with van der Waals surface area (Å²) in [6.07, 6.45) is 5.24. The van der Waals surface area contributed by atoms with Gasteiger partial charge in [-0.2, -0.15) is 0 Å². The van der Waals surface area contributed by atoms with Crippen LogP contribution in [0.25, 0.3) is 5.57 Å². The van der Waals surface area contributed by atoms with Crippen molar-refractivity contribution < 1.29 is 8.78 Å². The zero-order valence-corrected chi connectivity index (χ0v) is 7.19. The van der Waals surface area contributed by atoms with Crippen LogP contribution in [0.3, 0.4) is 0 Å². The summed E-state index contributed by atoms with van der Waals surface area (Å²) in [5.41, 5.74) is 1.95. The van der Waals surface area contributed by atoms with Gasteiger partial charge in [-0.15, -0.1) is 0 Å². The minimum absolute atomic E-state index is 0.759. The Bertz CT molecular complexity index is 353. The summed E-state index contributed by atoms with van der Waals surface area (Å²) in [7, 11) is 0. The van der Waals surface area contributed by atoms with Crippen LogP contribution in [0.15, 0.2) is 24.3 Å². The molecule has 0 radical (unpaired) electrons. The van der Waals surface area contributed by atoms with Crippen LogP contribution in [0.4, 0.5) is 8.78 Å². The van der Waals surface area contributed by atoms with E-state index in [1.54, 1.807) is 6.07 Å². The van der Waals surface area contributed by atoms with Gasteiger partial charge in [-0.1, -0.05) is 12.1 Å². The highest BCUT2D eigenvalue weighted by Gasteiger charge is 2.09. The molecule has 13 heavy (non-hydrogen) atoms. The lowest BCUT2D eigenvalue weighted by molar-refractivity contribution is 0.508. The van der Waals surface area contributed by atoms with Gasteiger partial charge in [0.05, 0.1) is 0 Å². The molecule has 0 heterocycles. The molecule has 0 N–H and O–H groups in total. The molecule has 2 rings (SSSR count). The topological polar surface area (TPSA) is 0 Å². The molecule has 0 spiro atoms. The Kier molecular flexibility index (Phi) is 2.13. The van der Waals surface area contributed by atoms with Crippen LogP contribution in [0.1, 0.15) is 24.8 Å². The largest absolute Gasteiger partial charge is 0.204 e. The summed E-state index contributed by atoms with van der Waals surface area (Å²) in [6, 6.07) is 4.09. The Labute approximate surface area is 75.9 Å². The monoisotopic (exact) mass is 180 g/mol. The van der Waals surface area contributed by atoms with E-state index in [1.807, 2.05) is 0 Å². The zero-order valence-electron chi connectivity index (χ0n) is 7.19. The number of halogens is 2. The Balaban J connectivity index is 2.36. The number of rotatable bonds is 1. The van der Waals surface area contributed by atoms with Crippen molar-refractivity contribution in [1.82, 2.24) is 0 Å². The van der Waals surface area contributed by atoms with E-state index >= 15 is 0 Å². The summed E-state index contributed by atoms with van der Waals surface area (Å²) < 4.78 is 25.4. The first kappa shape index (κ1) is 8.42. The third-order valence-corrected chi connectivity index (χ3v) is 2.33. The minimum atomic E-state index is -0.776. The SMILES string of the molecule is Fc1ccc(C2=CCCC2)cc1F. The van der Waals surface area contributed by atoms with Crippen LogP contribution in [0, 0.1) is 11.6 Å². The van der Waals surface area contributed by atoms with Gasteiger partial charge in [0.25, 0.3) is 0 Å². The third-order valence-electron chi connectivity index (χ3n) is 2.33. The van der Waals surface area contributed by atoms with Crippen molar-refractivity contribution >= 4 is 5.57 Å². The van der Waals surface area contributed by atoms with Crippen molar-refractivity contribution in [1.29, 1.82) is 0 Å². The molecule has 0 fully saturated rings. The van der Waals surface area contributed by atoms with E-state index in [1.165, 1.54) is 12.1 Å². The maximum atomic E-state index is 12.8. The fraction of sp³-hybridized carbons (Fsp3) is 0.273. The average Bonchev–Trinajstić information content (AvgIpc) is 2.62. The van der Waals surface area contributed by atoms with Gasteiger partial charge in [-0.3, -0.25) is 0 Å². The standard InChI is InChI=1S/C11H10F2/c12-10-6-5-9(7-11(10)13)8-3-1-2-4-8/h3,5-7H,1-2,4H2. The van der Waals surface area contributed by atoms with E-state index in [9.17, 15) is 8.78 Å². The molecular formula is C11H10F2. The lowest BCUT2D eigenvalue weighted by atomic mass is 10.1. The molecular weight excluding hydrogens is 170 g/mol. The van der Waals surface area contributed by atoms with Crippen LogP contribution < -0.4 is 0 Å². The van der Waals surface area contributed by atoms with Crippen LogP contribution in [0.2, 0.25) is 0 Å². The second kappa shape index (κ2) is 3.29. The predicted octanol–water partition coefficient (Wildman–Crippen LogP) is 3.53.